The normalized spacial score (nSPS) is 11.3. The number of ether oxygens (including phenoxy) is 12. The van der Waals surface area contributed by atoms with Gasteiger partial charge in [0.15, 0.2) is 0 Å². The lowest BCUT2D eigenvalue weighted by Gasteiger charge is -2.09. The molecule has 15 heteroatoms. The van der Waals surface area contributed by atoms with Crippen LogP contribution in [-0.2, 0) is 63.4 Å². The maximum Gasteiger partial charge on any atom is 0.407 e. The van der Waals surface area contributed by atoms with Crippen LogP contribution in [0.1, 0.15) is 5.56 Å². The largest absolute Gasteiger partial charge is 0.445 e. The molecule has 0 radical (unpaired) electrons. The Morgan fingerprint density at radius 2 is 0.745 bits per heavy atom. The molecule has 0 aliphatic rings. The van der Waals surface area contributed by atoms with Crippen molar-refractivity contribution >= 4 is 6.09 Å². The van der Waals surface area contributed by atoms with Crippen molar-refractivity contribution in [3.05, 3.63) is 35.9 Å². The van der Waals surface area contributed by atoms with Gasteiger partial charge in [-0.2, -0.15) is 0 Å². The first kappa shape index (κ1) is 43.0. The van der Waals surface area contributed by atoms with Crippen molar-refractivity contribution in [3.8, 4) is 0 Å². The van der Waals surface area contributed by atoms with Gasteiger partial charge in [-0.15, -0.1) is 0 Å². The number of rotatable bonds is 37. The summed E-state index contributed by atoms with van der Waals surface area (Å²) in [4.78, 5) is 11.6. The van der Waals surface area contributed by atoms with E-state index in [9.17, 15) is 4.79 Å². The smallest absolute Gasteiger partial charge is 0.407 e. The average molecular weight is 680 g/mol. The highest BCUT2D eigenvalue weighted by Gasteiger charge is 2.02. The van der Waals surface area contributed by atoms with Gasteiger partial charge in [-0.25, -0.2) is 4.79 Å². The summed E-state index contributed by atoms with van der Waals surface area (Å²) in [5, 5.41) is 11.2. The van der Waals surface area contributed by atoms with Crippen LogP contribution in [0.15, 0.2) is 30.3 Å². The van der Waals surface area contributed by atoms with E-state index in [1.54, 1.807) is 0 Å². The number of benzene rings is 1. The van der Waals surface area contributed by atoms with E-state index < -0.39 is 6.09 Å². The highest BCUT2D eigenvalue weighted by Crippen LogP contribution is 2.00. The molecule has 0 bridgehead atoms. The molecule has 47 heavy (non-hydrogen) atoms. The van der Waals surface area contributed by atoms with E-state index in [0.717, 1.165) is 5.56 Å². The molecule has 0 atom stereocenters. The fraction of sp³-hybridized carbons (Fsp3) is 0.781. The second kappa shape index (κ2) is 36.8. The second-order valence-electron chi connectivity index (χ2n) is 9.45. The van der Waals surface area contributed by atoms with E-state index in [0.29, 0.717) is 152 Å². The summed E-state index contributed by atoms with van der Waals surface area (Å²) in [5.74, 6) is 0. The lowest BCUT2D eigenvalue weighted by atomic mass is 10.2. The van der Waals surface area contributed by atoms with Gasteiger partial charge in [0.2, 0.25) is 0 Å². The molecular formula is C32H57NO14. The zero-order valence-electron chi connectivity index (χ0n) is 27.8. The molecule has 1 aromatic carbocycles. The van der Waals surface area contributed by atoms with Crippen LogP contribution in [-0.4, -0.2) is 170 Å². The zero-order chi connectivity index (χ0) is 33.6. The van der Waals surface area contributed by atoms with Gasteiger partial charge in [-0.3, -0.25) is 0 Å². The number of hydrogen-bond donors (Lipinski definition) is 2. The minimum Gasteiger partial charge on any atom is -0.445 e. The Balaban J connectivity index is 1.63. The highest BCUT2D eigenvalue weighted by atomic mass is 16.6. The number of amides is 1. The van der Waals surface area contributed by atoms with E-state index in [2.05, 4.69) is 5.32 Å². The summed E-state index contributed by atoms with van der Waals surface area (Å²) >= 11 is 0. The first-order chi connectivity index (χ1) is 23.3. The molecule has 0 unspecified atom stereocenters. The summed E-state index contributed by atoms with van der Waals surface area (Å²) in [6, 6.07) is 9.50. The fourth-order valence-corrected chi connectivity index (χ4v) is 3.37. The summed E-state index contributed by atoms with van der Waals surface area (Å²) in [6.45, 7) is 11.0. The van der Waals surface area contributed by atoms with Crippen molar-refractivity contribution in [1.82, 2.24) is 5.32 Å². The average Bonchev–Trinajstić information content (AvgIpc) is 3.09. The van der Waals surface area contributed by atoms with E-state index in [-0.39, 0.29) is 13.2 Å². The highest BCUT2D eigenvalue weighted by molar-refractivity contribution is 5.67. The van der Waals surface area contributed by atoms with Crippen molar-refractivity contribution in [2.24, 2.45) is 0 Å². The number of aliphatic hydroxyl groups excluding tert-OH is 1. The van der Waals surface area contributed by atoms with Gasteiger partial charge < -0.3 is 67.3 Å². The number of carbonyl (C=O) groups is 1. The molecule has 0 saturated carbocycles. The van der Waals surface area contributed by atoms with E-state index >= 15 is 0 Å². The fourth-order valence-electron chi connectivity index (χ4n) is 3.37. The van der Waals surface area contributed by atoms with Gasteiger partial charge in [-0.05, 0) is 5.56 Å². The molecule has 274 valence electrons. The third kappa shape index (κ3) is 33.7. The predicted octanol–water partition coefficient (Wildman–Crippen LogP) is 1.09. The van der Waals surface area contributed by atoms with E-state index in [4.69, 9.17) is 61.9 Å². The monoisotopic (exact) mass is 679 g/mol. The van der Waals surface area contributed by atoms with Crippen LogP contribution in [0.5, 0.6) is 0 Å². The first-order valence-corrected chi connectivity index (χ1v) is 16.2. The lowest BCUT2D eigenvalue weighted by Crippen LogP contribution is -2.28. The third-order valence-corrected chi connectivity index (χ3v) is 5.68. The van der Waals surface area contributed by atoms with Crippen LogP contribution in [0.25, 0.3) is 0 Å². The van der Waals surface area contributed by atoms with Crippen molar-refractivity contribution in [3.63, 3.8) is 0 Å². The number of nitrogens with one attached hydrogen (secondary N) is 1. The van der Waals surface area contributed by atoms with E-state index in [1.165, 1.54) is 0 Å². The van der Waals surface area contributed by atoms with Gasteiger partial charge in [0, 0.05) is 6.54 Å². The van der Waals surface area contributed by atoms with E-state index in [1.807, 2.05) is 30.3 Å². The molecule has 0 saturated heterocycles. The van der Waals surface area contributed by atoms with Crippen molar-refractivity contribution in [2.45, 2.75) is 6.61 Å². The Morgan fingerprint density at radius 1 is 0.447 bits per heavy atom. The van der Waals surface area contributed by atoms with Gasteiger partial charge >= 0.3 is 6.09 Å². The van der Waals surface area contributed by atoms with Crippen molar-refractivity contribution in [2.75, 3.05) is 159 Å². The van der Waals surface area contributed by atoms with Crippen molar-refractivity contribution < 1.29 is 66.7 Å². The topological polar surface area (TPSA) is 160 Å². The number of hydrogen-bond acceptors (Lipinski definition) is 14. The summed E-state index contributed by atoms with van der Waals surface area (Å²) < 4.78 is 64.5. The Kier molecular flexibility index (Phi) is 33.7. The summed E-state index contributed by atoms with van der Waals surface area (Å²) in [7, 11) is 0. The van der Waals surface area contributed by atoms with Crippen LogP contribution in [0.4, 0.5) is 4.79 Å². The standard InChI is InChI=1S/C32H57NO14/c34-7-9-37-11-13-39-15-17-41-19-21-43-23-25-45-27-29-46-28-26-44-24-22-42-20-18-40-16-14-38-12-10-36-8-6-33-32(35)47-30-31-4-2-1-3-5-31/h1-5,34H,6-30H2,(H,33,35). The summed E-state index contributed by atoms with van der Waals surface area (Å²) in [6.07, 6.45) is -0.471. The Morgan fingerprint density at radius 3 is 1.06 bits per heavy atom. The van der Waals surface area contributed by atoms with Gasteiger partial charge in [0.05, 0.1) is 152 Å². The Hall–Kier alpha value is -1.99. The lowest BCUT2D eigenvalue weighted by molar-refractivity contribution is -0.0277. The molecule has 0 spiro atoms. The minimum absolute atomic E-state index is 0.0211. The Bertz CT molecular complexity index is 765. The molecule has 1 rings (SSSR count). The minimum atomic E-state index is -0.471. The van der Waals surface area contributed by atoms with Crippen LogP contribution in [0.2, 0.25) is 0 Å². The first-order valence-electron chi connectivity index (χ1n) is 16.2. The molecule has 1 aromatic rings. The number of carbonyl (C=O) groups excluding carboxylic acids is 1. The third-order valence-electron chi connectivity index (χ3n) is 5.68. The van der Waals surface area contributed by atoms with Gasteiger partial charge in [0.25, 0.3) is 0 Å². The SMILES string of the molecule is O=C(NCCOCCOCCOCCOCCOCCOCCOCCOCCOCCOCCOCCO)OCc1ccccc1. The molecule has 15 nitrogen and oxygen atoms in total. The number of alkyl carbamates (subject to hydrolysis) is 1. The molecule has 0 aromatic heterocycles. The van der Waals surface area contributed by atoms with Crippen molar-refractivity contribution in [1.29, 1.82) is 0 Å². The Labute approximate surface area is 279 Å². The molecule has 0 aliphatic heterocycles. The quantitative estimate of drug-likeness (QED) is 0.0962. The molecular weight excluding hydrogens is 622 g/mol. The molecule has 0 fully saturated rings. The number of aliphatic hydroxyl groups is 1. The maximum atomic E-state index is 11.6. The molecule has 2 N–H and O–H groups in total. The van der Waals surface area contributed by atoms with Crippen LogP contribution < -0.4 is 5.32 Å². The zero-order valence-corrected chi connectivity index (χ0v) is 27.8. The molecule has 1 amide bonds. The van der Waals surface area contributed by atoms with Crippen LogP contribution >= 0.6 is 0 Å². The summed E-state index contributed by atoms with van der Waals surface area (Å²) in [5.41, 5.74) is 0.936. The predicted molar refractivity (Wildman–Crippen MR) is 171 cm³/mol. The molecule has 0 heterocycles. The van der Waals surface area contributed by atoms with Gasteiger partial charge in [-0.1, -0.05) is 30.3 Å². The molecule has 0 aliphatic carbocycles. The van der Waals surface area contributed by atoms with Crippen LogP contribution in [0, 0.1) is 0 Å². The maximum absolute atomic E-state index is 11.6. The second-order valence-corrected chi connectivity index (χ2v) is 9.45. The van der Waals surface area contributed by atoms with Crippen LogP contribution in [0.3, 0.4) is 0 Å². The van der Waals surface area contributed by atoms with Gasteiger partial charge in [0.1, 0.15) is 6.61 Å².